The molecule has 0 saturated carbocycles. The van der Waals surface area contributed by atoms with E-state index in [2.05, 4.69) is 32.9 Å². The van der Waals surface area contributed by atoms with Gasteiger partial charge in [0.15, 0.2) is 0 Å². The van der Waals surface area contributed by atoms with Gasteiger partial charge in [0, 0.05) is 5.69 Å². The maximum absolute atomic E-state index is 6.01. The van der Waals surface area contributed by atoms with Crippen LogP contribution in [0.5, 0.6) is 11.5 Å². The van der Waals surface area contributed by atoms with Crippen LogP contribution in [0.1, 0.15) is 37.5 Å². The van der Waals surface area contributed by atoms with Gasteiger partial charge >= 0.3 is 0 Å². The van der Waals surface area contributed by atoms with E-state index in [4.69, 9.17) is 10.5 Å². The van der Waals surface area contributed by atoms with Crippen molar-refractivity contribution in [2.45, 2.75) is 40.0 Å². The van der Waals surface area contributed by atoms with E-state index < -0.39 is 0 Å². The Hall–Kier alpha value is -1.96. The molecule has 0 spiro atoms. The van der Waals surface area contributed by atoms with Crippen LogP contribution in [0.4, 0.5) is 5.69 Å². The van der Waals surface area contributed by atoms with Crippen LogP contribution in [-0.2, 0) is 5.41 Å². The highest BCUT2D eigenvalue weighted by Gasteiger charge is 2.13. The number of benzene rings is 2. The molecule has 2 nitrogen and oxygen atoms in total. The van der Waals surface area contributed by atoms with Crippen molar-refractivity contribution >= 4 is 5.69 Å². The molecule has 0 fully saturated rings. The van der Waals surface area contributed by atoms with Crippen molar-refractivity contribution < 1.29 is 4.74 Å². The molecule has 0 atom stereocenters. The van der Waals surface area contributed by atoms with Crippen LogP contribution >= 0.6 is 0 Å². The van der Waals surface area contributed by atoms with Gasteiger partial charge in [-0.3, -0.25) is 0 Å². The molecule has 2 N–H and O–H groups in total. The molecule has 2 aromatic carbocycles. The molecule has 0 aliphatic heterocycles. The lowest BCUT2D eigenvalue weighted by Gasteiger charge is -2.19. The molecule has 2 heteroatoms. The first-order valence-corrected chi connectivity index (χ1v) is 6.92. The Morgan fingerprint density at radius 2 is 1.40 bits per heavy atom. The minimum Gasteiger partial charge on any atom is -0.457 e. The highest BCUT2D eigenvalue weighted by atomic mass is 16.5. The molecular weight excluding hydrogens is 246 g/mol. The number of aryl methyl sites for hydroxylation is 2. The average molecular weight is 269 g/mol. The number of nitrogen functional groups attached to an aromatic ring is 1. The lowest BCUT2D eigenvalue weighted by atomic mass is 9.87. The zero-order chi connectivity index (χ0) is 14.9. The van der Waals surface area contributed by atoms with Gasteiger partial charge in [-0.25, -0.2) is 0 Å². The third-order valence-corrected chi connectivity index (χ3v) is 3.42. The Kier molecular flexibility index (Phi) is 3.76. The Balaban J connectivity index is 2.27. The average Bonchev–Trinajstić information content (AvgIpc) is 2.33. The minimum atomic E-state index is 0.158. The molecular formula is C18H23NO. The first kappa shape index (κ1) is 14.4. The van der Waals surface area contributed by atoms with Crippen molar-refractivity contribution in [1.29, 1.82) is 0 Å². The van der Waals surface area contributed by atoms with Crippen molar-refractivity contribution in [1.82, 2.24) is 0 Å². The van der Waals surface area contributed by atoms with Crippen LogP contribution < -0.4 is 10.5 Å². The van der Waals surface area contributed by atoms with Gasteiger partial charge in [-0.05, 0) is 60.2 Å². The van der Waals surface area contributed by atoms with Gasteiger partial charge in [-0.2, -0.15) is 0 Å². The lowest BCUT2D eigenvalue weighted by molar-refractivity contribution is 0.474. The molecule has 0 aromatic heterocycles. The molecule has 0 unspecified atom stereocenters. The summed E-state index contributed by atoms with van der Waals surface area (Å²) in [6.07, 6.45) is 0. The fourth-order valence-electron chi connectivity index (χ4n) is 2.29. The third kappa shape index (κ3) is 3.13. The van der Waals surface area contributed by atoms with E-state index in [9.17, 15) is 0 Å². The molecule has 20 heavy (non-hydrogen) atoms. The van der Waals surface area contributed by atoms with E-state index >= 15 is 0 Å². The summed E-state index contributed by atoms with van der Waals surface area (Å²) in [5, 5.41) is 0. The Morgan fingerprint density at radius 1 is 0.900 bits per heavy atom. The second-order valence-electron chi connectivity index (χ2n) is 6.36. The first-order valence-electron chi connectivity index (χ1n) is 6.92. The SMILES string of the molecule is Cc1cc(N)cc(C)c1Oc1ccc(C(C)(C)C)cc1. The molecule has 106 valence electrons. The normalized spacial score (nSPS) is 11.4. The summed E-state index contributed by atoms with van der Waals surface area (Å²) < 4.78 is 6.01. The lowest BCUT2D eigenvalue weighted by Crippen LogP contribution is -2.10. The van der Waals surface area contributed by atoms with Gasteiger partial charge in [0.05, 0.1) is 0 Å². The number of ether oxygens (including phenoxy) is 1. The van der Waals surface area contributed by atoms with Crippen molar-refractivity contribution in [3.63, 3.8) is 0 Å². The van der Waals surface area contributed by atoms with Gasteiger partial charge in [-0.15, -0.1) is 0 Å². The van der Waals surface area contributed by atoms with Gasteiger partial charge in [0.25, 0.3) is 0 Å². The first-order chi connectivity index (χ1) is 9.27. The predicted molar refractivity (Wildman–Crippen MR) is 85.5 cm³/mol. The highest BCUT2D eigenvalue weighted by molar-refractivity contribution is 5.53. The summed E-state index contributed by atoms with van der Waals surface area (Å²) in [6.45, 7) is 10.6. The molecule has 2 rings (SSSR count). The molecule has 0 aliphatic carbocycles. The maximum Gasteiger partial charge on any atom is 0.133 e. The zero-order valence-corrected chi connectivity index (χ0v) is 12.9. The smallest absolute Gasteiger partial charge is 0.133 e. The molecule has 0 saturated heterocycles. The number of nitrogens with two attached hydrogens (primary N) is 1. The fourth-order valence-corrected chi connectivity index (χ4v) is 2.29. The van der Waals surface area contributed by atoms with E-state index in [0.29, 0.717) is 0 Å². The second kappa shape index (κ2) is 5.20. The summed E-state index contributed by atoms with van der Waals surface area (Å²) >= 11 is 0. The number of anilines is 1. The molecule has 2 aromatic rings. The van der Waals surface area contributed by atoms with E-state index in [1.165, 1.54) is 5.56 Å². The monoisotopic (exact) mass is 269 g/mol. The Labute approximate surface area is 121 Å². The predicted octanol–water partition coefficient (Wildman–Crippen LogP) is 4.98. The van der Waals surface area contributed by atoms with Gasteiger partial charge in [0.1, 0.15) is 11.5 Å². The van der Waals surface area contributed by atoms with E-state index in [-0.39, 0.29) is 5.41 Å². The minimum absolute atomic E-state index is 0.158. The van der Waals surface area contributed by atoms with E-state index in [1.54, 1.807) is 0 Å². The van der Waals surface area contributed by atoms with Gasteiger partial charge in [0.2, 0.25) is 0 Å². The van der Waals surface area contributed by atoms with Crippen LogP contribution in [0.25, 0.3) is 0 Å². The largest absolute Gasteiger partial charge is 0.457 e. The topological polar surface area (TPSA) is 35.2 Å². The summed E-state index contributed by atoms with van der Waals surface area (Å²) in [6, 6.07) is 12.2. The number of rotatable bonds is 2. The van der Waals surface area contributed by atoms with Crippen molar-refractivity contribution in [3.05, 3.63) is 53.1 Å². The van der Waals surface area contributed by atoms with Crippen LogP contribution in [0, 0.1) is 13.8 Å². The molecule has 0 radical (unpaired) electrons. The van der Waals surface area contributed by atoms with E-state index in [0.717, 1.165) is 28.3 Å². The maximum atomic E-state index is 6.01. The van der Waals surface area contributed by atoms with E-state index in [1.807, 2.05) is 38.1 Å². The number of hydrogen-bond donors (Lipinski definition) is 1. The van der Waals surface area contributed by atoms with Crippen molar-refractivity contribution in [3.8, 4) is 11.5 Å². The zero-order valence-electron chi connectivity index (χ0n) is 12.9. The van der Waals surface area contributed by atoms with Crippen LogP contribution in [0.3, 0.4) is 0 Å². The van der Waals surface area contributed by atoms with Crippen LogP contribution in [-0.4, -0.2) is 0 Å². The highest BCUT2D eigenvalue weighted by Crippen LogP contribution is 2.32. The summed E-state index contributed by atoms with van der Waals surface area (Å²) in [5.41, 5.74) is 10.2. The Bertz CT molecular complexity index is 583. The molecule has 0 aliphatic rings. The standard InChI is InChI=1S/C18H23NO/c1-12-10-15(19)11-13(2)17(12)20-16-8-6-14(7-9-16)18(3,4)5/h6-11H,19H2,1-5H3. The van der Waals surface area contributed by atoms with Crippen LogP contribution in [0.2, 0.25) is 0 Å². The van der Waals surface area contributed by atoms with Crippen molar-refractivity contribution in [2.75, 3.05) is 5.73 Å². The third-order valence-electron chi connectivity index (χ3n) is 3.42. The molecule has 0 amide bonds. The number of hydrogen-bond acceptors (Lipinski definition) is 2. The van der Waals surface area contributed by atoms with Gasteiger partial charge in [-0.1, -0.05) is 32.9 Å². The summed E-state index contributed by atoms with van der Waals surface area (Å²) in [5.74, 6) is 1.75. The molecule has 0 heterocycles. The molecule has 0 bridgehead atoms. The fraction of sp³-hybridized carbons (Fsp3) is 0.333. The van der Waals surface area contributed by atoms with Crippen molar-refractivity contribution in [2.24, 2.45) is 0 Å². The Morgan fingerprint density at radius 3 is 1.85 bits per heavy atom. The quantitative estimate of drug-likeness (QED) is 0.781. The van der Waals surface area contributed by atoms with Gasteiger partial charge < -0.3 is 10.5 Å². The van der Waals surface area contributed by atoms with Crippen LogP contribution in [0.15, 0.2) is 36.4 Å². The second-order valence-corrected chi connectivity index (χ2v) is 6.36. The summed E-state index contributed by atoms with van der Waals surface area (Å²) in [4.78, 5) is 0. The summed E-state index contributed by atoms with van der Waals surface area (Å²) in [7, 11) is 0.